The van der Waals surface area contributed by atoms with Crippen molar-refractivity contribution in [1.29, 1.82) is 0 Å². The van der Waals surface area contributed by atoms with E-state index in [1.807, 2.05) is 18.4 Å². The van der Waals surface area contributed by atoms with Gasteiger partial charge in [-0.05, 0) is 31.5 Å². The summed E-state index contributed by atoms with van der Waals surface area (Å²) in [7, 11) is 0. The van der Waals surface area contributed by atoms with E-state index in [1.54, 1.807) is 23.6 Å². The van der Waals surface area contributed by atoms with Crippen molar-refractivity contribution in [3.63, 3.8) is 0 Å². The van der Waals surface area contributed by atoms with E-state index in [4.69, 9.17) is 0 Å². The summed E-state index contributed by atoms with van der Waals surface area (Å²) in [5.41, 5.74) is 0.671. The van der Waals surface area contributed by atoms with E-state index in [1.165, 1.54) is 6.07 Å². The Labute approximate surface area is 125 Å². The van der Waals surface area contributed by atoms with Gasteiger partial charge in [-0.2, -0.15) is 0 Å². The lowest BCUT2D eigenvalue weighted by Crippen LogP contribution is -2.24. The van der Waals surface area contributed by atoms with Gasteiger partial charge in [0.05, 0.1) is 6.04 Å². The molecule has 19 heavy (non-hydrogen) atoms. The molecule has 1 aromatic carbocycles. The fraction of sp³-hybridized carbons (Fsp3) is 0.357. The molecular weight excluding hydrogens is 327 g/mol. The summed E-state index contributed by atoms with van der Waals surface area (Å²) in [5, 5.41) is 6.45. The molecule has 1 heterocycles. The molecule has 0 aliphatic heterocycles. The largest absolute Gasteiger partial charge is 0.301 e. The van der Waals surface area contributed by atoms with Gasteiger partial charge in [0.25, 0.3) is 0 Å². The molecule has 1 N–H and O–H groups in total. The number of thiazole rings is 1. The van der Waals surface area contributed by atoms with Gasteiger partial charge in [-0.25, -0.2) is 9.37 Å². The molecule has 2 unspecified atom stereocenters. The van der Waals surface area contributed by atoms with Gasteiger partial charge in [-0.15, -0.1) is 11.3 Å². The summed E-state index contributed by atoms with van der Waals surface area (Å²) < 4.78 is 14.7. The predicted molar refractivity (Wildman–Crippen MR) is 80.8 cm³/mol. The number of benzene rings is 1. The fourth-order valence-electron chi connectivity index (χ4n) is 2.01. The van der Waals surface area contributed by atoms with Crippen LogP contribution in [0, 0.1) is 5.82 Å². The van der Waals surface area contributed by atoms with Crippen LogP contribution in [0.2, 0.25) is 0 Å². The zero-order chi connectivity index (χ0) is 13.8. The molecule has 0 amide bonds. The Morgan fingerprint density at radius 1 is 1.47 bits per heavy atom. The van der Waals surface area contributed by atoms with Gasteiger partial charge in [-0.1, -0.05) is 22.9 Å². The van der Waals surface area contributed by atoms with Crippen LogP contribution in [-0.4, -0.2) is 4.98 Å². The number of halogens is 2. The van der Waals surface area contributed by atoms with Crippen molar-refractivity contribution >= 4 is 27.3 Å². The number of nitrogens with one attached hydrogen (secondary N) is 1. The summed E-state index contributed by atoms with van der Waals surface area (Å²) in [4.78, 5) is 4.33. The third-order valence-corrected chi connectivity index (χ3v) is 4.42. The van der Waals surface area contributed by atoms with Gasteiger partial charge in [0.15, 0.2) is 0 Å². The number of aromatic nitrogens is 1. The summed E-state index contributed by atoms with van der Waals surface area (Å²) in [6.45, 7) is 4.07. The van der Waals surface area contributed by atoms with E-state index >= 15 is 0 Å². The lowest BCUT2D eigenvalue weighted by molar-refractivity contribution is 0.441. The zero-order valence-electron chi connectivity index (χ0n) is 10.9. The fourth-order valence-corrected chi connectivity index (χ4v) is 3.17. The highest BCUT2D eigenvalue weighted by atomic mass is 79.9. The first-order valence-corrected chi connectivity index (χ1v) is 7.89. The molecule has 2 rings (SSSR count). The minimum absolute atomic E-state index is 0.0636. The number of rotatable bonds is 5. The monoisotopic (exact) mass is 342 g/mol. The average Bonchev–Trinajstić information content (AvgIpc) is 2.92. The van der Waals surface area contributed by atoms with Crippen LogP contribution >= 0.6 is 27.3 Å². The Bertz CT molecular complexity index is 530. The Hall–Kier alpha value is -0.780. The van der Waals surface area contributed by atoms with Crippen LogP contribution in [0.3, 0.4) is 0 Å². The van der Waals surface area contributed by atoms with Crippen LogP contribution in [0.25, 0.3) is 0 Å². The van der Waals surface area contributed by atoms with Gasteiger partial charge >= 0.3 is 0 Å². The van der Waals surface area contributed by atoms with Gasteiger partial charge < -0.3 is 5.32 Å². The van der Waals surface area contributed by atoms with Crippen molar-refractivity contribution in [2.24, 2.45) is 0 Å². The highest BCUT2D eigenvalue weighted by Gasteiger charge is 2.18. The van der Waals surface area contributed by atoms with Crippen molar-refractivity contribution in [2.45, 2.75) is 32.4 Å². The van der Waals surface area contributed by atoms with Crippen molar-refractivity contribution in [2.75, 3.05) is 0 Å². The molecule has 0 aliphatic rings. The second-order valence-electron chi connectivity index (χ2n) is 4.39. The van der Waals surface area contributed by atoms with E-state index in [2.05, 4.69) is 33.2 Å². The van der Waals surface area contributed by atoms with Crippen LogP contribution in [0.4, 0.5) is 4.39 Å². The average molecular weight is 343 g/mol. The number of hydrogen-bond acceptors (Lipinski definition) is 3. The molecule has 0 aliphatic carbocycles. The standard InChI is InChI=1S/C14H16BrFN2S/c1-3-13(14-17-6-7-19-14)18-9(2)11-8-10(15)4-5-12(11)16/h4-9,13,18H,3H2,1-2H3. The number of nitrogens with zero attached hydrogens (tertiary/aromatic N) is 1. The third kappa shape index (κ3) is 3.61. The summed E-state index contributed by atoms with van der Waals surface area (Å²) in [6.07, 6.45) is 2.72. The van der Waals surface area contributed by atoms with Crippen LogP contribution in [0.1, 0.15) is 42.9 Å². The molecule has 0 radical (unpaired) electrons. The molecule has 2 nitrogen and oxygen atoms in total. The molecule has 0 saturated carbocycles. The number of hydrogen-bond donors (Lipinski definition) is 1. The molecule has 0 spiro atoms. The first kappa shape index (κ1) is 14.6. The van der Waals surface area contributed by atoms with E-state index in [-0.39, 0.29) is 17.9 Å². The van der Waals surface area contributed by atoms with Crippen molar-refractivity contribution in [1.82, 2.24) is 10.3 Å². The van der Waals surface area contributed by atoms with Crippen LogP contribution in [0.5, 0.6) is 0 Å². The highest BCUT2D eigenvalue weighted by Crippen LogP contribution is 2.26. The Morgan fingerprint density at radius 2 is 2.26 bits per heavy atom. The van der Waals surface area contributed by atoms with E-state index in [0.717, 1.165) is 15.9 Å². The maximum absolute atomic E-state index is 13.8. The summed E-state index contributed by atoms with van der Waals surface area (Å²) >= 11 is 5.01. The van der Waals surface area contributed by atoms with Gasteiger partial charge in [0, 0.05) is 27.7 Å². The molecule has 1 aromatic heterocycles. The maximum atomic E-state index is 13.8. The van der Waals surface area contributed by atoms with E-state index < -0.39 is 0 Å². The first-order valence-electron chi connectivity index (χ1n) is 6.22. The lowest BCUT2D eigenvalue weighted by Gasteiger charge is -2.21. The second-order valence-corrected chi connectivity index (χ2v) is 6.23. The molecule has 2 aromatic rings. The molecular formula is C14H16BrFN2S. The summed E-state index contributed by atoms with van der Waals surface area (Å²) in [5.74, 6) is -0.183. The van der Waals surface area contributed by atoms with E-state index in [9.17, 15) is 4.39 Å². The van der Waals surface area contributed by atoms with Crippen molar-refractivity contribution in [3.05, 3.63) is 50.6 Å². The topological polar surface area (TPSA) is 24.9 Å². The first-order chi connectivity index (χ1) is 9.11. The second kappa shape index (κ2) is 6.59. The Kier molecular flexibility index (Phi) is 5.07. The normalized spacial score (nSPS) is 14.3. The zero-order valence-corrected chi connectivity index (χ0v) is 13.3. The molecule has 0 fully saturated rings. The van der Waals surface area contributed by atoms with Crippen LogP contribution < -0.4 is 5.32 Å². The molecule has 2 atom stereocenters. The van der Waals surface area contributed by atoms with Crippen molar-refractivity contribution in [3.8, 4) is 0 Å². The lowest BCUT2D eigenvalue weighted by atomic mass is 10.1. The maximum Gasteiger partial charge on any atom is 0.128 e. The molecule has 0 saturated heterocycles. The Morgan fingerprint density at radius 3 is 2.89 bits per heavy atom. The smallest absolute Gasteiger partial charge is 0.128 e. The highest BCUT2D eigenvalue weighted by molar-refractivity contribution is 9.10. The van der Waals surface area contributed by atoms with E-state index in [0.29, 0.717) is 5.56 Å². The van der Waals surface area contributed by atoms with Crippen LogP contribution in [0.15, 0.2) is 34.2 Å². The van der Waals surface area contributed by atoms with Gasteiger partial charge in [0.1, 0.15) is 10.8 Å². The molecule has 102 valence electrons. The minimum Gasteiger partial charge on any atom is -0.301 e. The minimum atomic E-state index is -0.183. The predicted octanol–water partition coefficient (Wildman–Crippen LogP) is 4.85. The SMILES string of the molecule is CCC(NC(C)c1cc(Br)ccc1F)c1nccs1. The molecule has 5 heteroatoms. The summed E-state index contributed by atoms with van der Waals surface area (Å²) in [6, 6.07) is 5.12. The van der Waals surface area contributed by atoms with Crippen LogP contribution in [-0.2, 0) is 0 Å². The van der Waals surface area contributed by atoms with Gasteiger partial charge in [-0.3, -0.25) is 0 Å². The van der Waals surface area contributed by atoms with Gasteiger partial charge in [0.2, 0.25) is 0 Å². The molecule has 0 bridgehead atoms. The quantitative estimate of drug-likeness (QED) is 0.840. The Balaban J connectivity index is 2.15. The third-order valence-electron chi connectivity index (χ3n) is 3.03. The van der Waals surface area contributed by atoms with Crippen molar-refractivity contribution < 1.29 is 4.39 Å².